The number of hydrogen-bond acceptors (Lipinski definition) is 2. The van der Waals surface area contributed by atoms with Gasteiger partial charge < -0.3 is 9.88 Å². The first-order valence-corrected chi connectivity index (χ1v) is 6.28. The van der Waals surface area contributed by atoms with E-state index in [1.54, 1.807) is 0 Å². The van der Waals surface area contributed by atoms with E-state index >= 15 is 0 Å². The summed E-state index contributed by atoms with van der Waals surface area (Å²) in [5, 5.41) is 3.13. The molecular weight excluding hydrogens is 278 g/mol. The van der Waals surface area contributed by atoms with Crippen LogP contribution in [0.25, 0.3) is 11.0 Å². The third-order valence-corrected chi connectivity index (χ3v) is 3.13. The average Bonchev–Trinajstić information content (AvgIpc) is 2.64. The largest absolute Gasteiger partial charge is 0.319 e. The average molecular weight is 292 g/mol. The molecule has 0 saturated carbocycles. The van der Waals surface area contributed by atoms with E-state index < -0.39 is 0 Å². The van der Waals surface area contributed by atoms with Gasteiger partial charge >= 0.3 is 0 Å². The van der Waals surface area contributed by atoms with Crippen LogP contribution in [0.2, 0.25) is 0 Å². The van der Waals surface area contributed by atoms with Gasteiger partial charge in [-0.05, 0) is 25.2 Å². The highest BCUT2D eigenvalue weighted by Crippen LogP contribution is 2.21. The number of benzene rings is 1. The number of rotatable bonds is 4. The normalized spacial score (nSPS) is 10.6. The summed E-state index contributed by atoms with van der Waals surface area (Å²) < 4.78 is 3.13. The molecule has 0 bridgehead atoms. The standard InChI is InChI=1S/C13H14BrN3/c1-3-8-17-12-5-4-10(14)9-11(12)16-13(17)6-7-15-2/h1,4-5,9,15H,6-8H2,2H3. The first-order valence-electron chi connectivity index (χ1n) is 5.49. The molecule has 0 unspecified atom stereocenters. The molecule has 0 amide bonds. The molecule has 1 heterocycles. The van der Waals surface area contributed by atoms with Crippen molar-refractivity contribution < 1.29 is 0 Å². The molecule has 1 aromatic carbocycles. The Hall–Kier alpha value is -1.31. The zero-order valence-corrected chi connectivity index (χ0v) is 11.3. The SMILES string of the molecule is C#CCn1c(CCNC)nc2cc(Br)ccc21. The van der Waals surface area contributed by atoms with Gasteiger partial charge in [0.05, 0.1) is 17.6 Å². The number of aromatic nitrogens is 2. The van der Waals surface area contributed by atoms with Crippen LogP contribution in [0.4, 0.5) is 0 Å². The second-order valence-electron chi connectivity index (χ2n) is 3.80. The summed E-state index contributed by atoms with van der Waals surface area (Å²) in [6, 6.07) is 6.08. The van der Waals surface area contributed by atoms with Gasteiger partial charge in [-0.25, -0.2) is 4.98 Å². The first kappa shape index (κ1) is 12.2. The lowest BCUT2D eigenvalue weighted by molar-refractivity contribution is 0.709. The summed E-state index contributed by atoms with van der Waals surface area (Å²) >= 11 is 3.46. The predicted octanol–water partition coefficient (Wildman–Crippen LogP) is 2.19. The van der Waals surface area contributed by atoms with Crippen LogP contribution in [0.1, 0.15) is 5.82 Å². The highest BCUT2D eigenvalue weighted by Gasteiger charge is 2.09. The van der Waals surface area contributed by atoms with Crippen LogP contribution in [-0.2, 0) is 13.0 Å². The van der Waals surface area contributed by atoms with Crippen molar-refractivity contribution in [2.75, 3.05) is 13.6 Å². The van der Waals surface area contributed by atoms with Crippen LogP contribution in [0.5, 0.6) is 0 Å². The number of fused-ring (bicyclic) bond motifs is 1. The highest BCUT2D eigenvalue weighted by molar-refractivity contribution is 9.10. The molecule has 17 heavy (non-hydrogen) atoms. The molecule has 2 rings (SSSR count). The van der Waals surface area contributed by atoms with Gasteiger partial charge in [0.1, 0.15) is 5.82 Å². The third kappa shape index (κ3) is 2.51. The van der Waals surface area contributed by atoms with Crippen molar-refractivity contribution in [2.45, 2.75) is 13.0 Å². The number of likely N-dealkylation sites (N-methyl/N-ethyl adjacent to an activating group) is 1. The minimum absolute atomic E-state index is 0.567. The number of imidazole rings is 1. The van der Waals surface area contributed by atoms with Crippen molar-refractivity contribution >= 4 is 27.0 Å². The Morgan fingerprint density at radius 3 is 3.06 bits per heavy atom. The van der Waals surface area contributed by atoms with Crippen LogP contribution in [0.15, 0.2) is 22.7 Å². The maximum Gasteiger partial charge on any atom is 0.111 e. The second-order valence-corrected chi connectivity index (χ2v) is 4.72. The molecule has 0 aliphatic carbocycles. The Kier molecular flexibility index (Phi) is 3.82. The van der Waals surface area contributed by atoms with Gasteiger partial charge in [-0.3, -0.25) is 0 Å². The number of hydrogen-bond donors (Lipinski definition) is 1. The molecule has 3 nitrogen and oxygen atoms in total. The van der Waals surface area contributed by atoms with Crippen LogP contribution < -0.4 is 5.32 Å². The molecule has 4 heteroatoms. The summed E-state index contributed by atoms with van der Waals surface area (Å²) in [7, 11) is 1.94. The first-order chi connectivity index (χ1) is 8.26. The van der Waals surface area contributed by atoms with E-state index in [9.17, 15) is 0 Å². The van der Waals surface area contributed by atoms with E-state index in [4.69, 9.17) is 6.42 Å². The second kappa shape index (κ2) is 5.35. The molecule has 0 spiro atoms. The summed E-state index contributed by atoms with van der Waals surface area (Å²) in [6.45, 7) is 1.46. The van der Waals surface area contributed by atoms with Crippen molar-refractivity contribution in [3.8, 4) is 12.3 Å². The number of nitrogens with one attached hydrogen (secondary N) is 1. The van der Waals surface area contributed by atoms with E-state index in [1.165, 1.54) is 0 Å². The minimum Gasteiger partial charge on any atom is -0.319 e. The fraction of sp³-hybridized carbons (Fsp3) is 0.308. The van der Waals surface area contributed by atoms with E-state index in [-0.39, 0.29) is 0 Å². The van der Waals surface area contributed by atoms with E-state index in [0.29, 0.717) is 6.54 Å². The minimum atomic E-state index is 0.567. The molecule has 1 aromatic heterocycles. The smallest absolute Gasteiger partial charge is 0.111 e. The Morgan fingerprint density at radius 1 is 1.53 bits per heavy atom. The Morgan fingerprint density at radius 2 is 2.35 bits per heavy atom. The topological polar surface area (TPSA) is 29.9 Å². The van der Waals surface area contributed by atoms with Crippen molar-refractivity contribution in [1.82, 2.24) is 14.9 Å². The number of nitrogens with zero attached hydrogens (tertiary/aromatic N) is 2. The van der Waals surface area contributed by atoms with Gasteiger partial charge in [0.25, 0.3) is 0 Å². The molecule has 2 aromatic rings. The Balaban J connectivity index is 2.50. The quantitative estimate of drug-likeness (QED) is 0.876. The Labute approximate surface area is 109 Å². The molecule has 0 aliphatic heterocycles. The molecule has 0 fully saturated rings. The summed E-state index contributed by atoms with van der Waals surface area (Å²) in [4.78, 5) is 4.63. The van der Waals surface area contributed by atoms with Crippen molar-refractivity contribution in [3.05, 3.63) is 28.5 Å². The van der Waals surface area contributed by atoms with Crippen molar-refractivity contribution in [1.29, 1.82) is 0 Å². The van der Waals surface area contributed by atoms with Gasteiger partial charge in [-0.2, -0.15) is 0 Å². The summed E-state index contributed by atoms with van der Waals surface area (Å²) in [5.41, 5.74) is 2.08. The predicted molar refractivity (Wildman–Crippen MR) is 73.9 cm³/mol. The zero-order valence-electron chi connectivity index (χ0n) is 9.70. The molecule has 0 atom stereocenters. The number of terminal acetylenes is 1. The number of halogens is 1. The van der Waals surface area contributed by atoms with Gasteiger partial charge in [-0.15, -0.1) is 6.42 Å². The lowest BCUT2D eigenvalue weighted by Gasteiger charge is -2.04. The van der Waals surface area contributed by atoms with Gasteiger partial charge in [0, 0.05) is 17.4 Å². The van der Waals surface area contributed by atoms with Crippen molar-refractivity contribution in [3.63, 3.8) is 0 Å². The van der Waals surface area contributed by atoms with Crippen LogP contribution >= 0.6 is 15.9 Å². The maximum absolute atomic E-state index is 5.41. The van der Waals surface area contributed by atoms with Crippen LogP contribution in [0, 0.1) is 12.3 Å². The van der Waals surface area contributed by atoms with E-state index in [2.05, 4.69) is 36.7 Å². The van der Waals surface area contributed by atoms with E-state index in [0.717, 1.165) is 34.3 Å². The maximum atomic E-state index is 5.41. The molecule has 0 aliphatic rings. The molecule has 0 saturated heterocycles. The highest BCUT2D eigenvalue weighted by atomic mass is 79.9. The van der Waals surface area contributed by atoms with Crippen molar-refractivity contribution in [2.24, 2.45) is 0 Å². The fourth-order valence-electron chi connectivity index (χ4n) is 1.85. The van der Waals surface area contributed by atoms with Gasteiger partial charge in [0.2, 0.25) is 0 Å². The van der Waals surface area contributed by atoms with Gasteiger partial charge in [-0.1, -0.05) is 21.9 Å². The molecule has 88 valence electrons. The molecular formula is C13H14BrN3. The molecule has 0 radical (unpaired) electrons. The fourth-order valence-corrected chi connectivity index (χ4v) is 2.20. The summed E-state index contributed by atoms with van der Waals surface area (Å²) in [6.07, 6.45) is 6.29. The van der Waals surface area contributed by atoms with Crippen LogP contribution in [0.3, 0.4) is 0 Å². The van der Waals surface area contributed by atoms with Crippen LogP contribution in [-0.4, -0.2) is 23.1 Å². The van der Waals surface area contributed by atoms with Gasteiger partial charge in [0.15, 0.2) is 0 Å². The third-order valence-electron chi connectivity index (χ3n) is 2.64. The van der Waals surface area contributed by atoms with E-state index in [1.807, 2.05) is 25.2 Å². The summed E-state index contributed by atoms with van der Waals surface area (Å²) in [5.74, 6) is 3.72. The molecule has 1 N–H and O–H groups in total. The lowest BCUT2D eigenvalue weighted by Crippen LogP contribution is -2.14. The Bertz CT molecular complexity index is 566. The monoisotopic (exact) mass is 291 g/mol. The zero-order chi connectivity index (χ0) is 12.3. The lowest BCUT2D eigenvalue weighted by atomic mass is 10.3.